The monoisotopic (exact) mass is 217 g/mol. The highest BCUT2D eigenvalue weighted by atomic mass is 16.1. The van der Waals surface area contributed by atoms with Crippen LogP contribution in [0.15, 0.2) is 30.9 Å². The molecule has 82 valence electrons. The smallest absolute Gasteiger partial charge is 0.237 e. The fourth-order valence-corrected chi connectivity index (χ4v) is 1.46. The summed E-state index contributed by atoms with van der Waals surface area (Å²) >= 11 is 0. The van der Waals surface area contributed by atoms with Gasteiger partial charge in [0.15, 0.2) is 0 Å². The van der Waals surface area contributed by atoms with Gasteiger partial charge >= 0.3 is 0 Å². The summed E-state index contributed by atoms with van der Waals surface area (Å²) in [6, 6.07) is 3.51. The predicted molar refractivity (Wildman–Crippen MR) is 59.1 cm³/mol. The molecule has 6 heteroatoms. The van der Waals surface area contributed by atoms with Crippen LogP contribution in [0.5, 0.6) is 0 Å². The molecule has 2 rings (SSSR count). The van der Waals surface area contributed by atoms with Crippen LogP contribution in [-0.4, -0.2) is 20.4 Å². The summed E-state index contributed by atoms with van der Waals surface area (Å²) in [6.45, 7) is 0.0948. The number of rotatable bonds is 3. The Hall–Kier alpha value is -2.37. The number of amides is 1. The second-order valence-electron chi connectivity index (χ2n) is 3.34. The fourth-order valence-electron chi connectivity index (χ4n) is 1.46. The van der Waals surface area contributed by atoms with E-state index < -0.39 is 5.91 Å². The third-order valence-electron chi connectivity index (χ3n) is 2.12. The van der Waals surface area contributed by atoms with Gasteiger partial charge in [0.2, 0.25) is 5.91 Å². The number of nitrogens with two attached hydrogens (primary N) is 2. The average Bonchev–Trinajstić information content (AvgIpc) is 2.65. The van der Waals surface area contributed by atoms with Crippen LogP contribution in [0.1, 0.15) is 0 Å². The van der Waals surface area contributed by atoms with E-state index >= 15 is 0 Å². The number of hydrogen-bond acceptors (Lipinski definition) is 4. The van der Waals surface area contributed by atoms with Crippen molar-refractivity contribution in [2.45, 2.75) is 6.54 Å². The molecule has 1 amide bonds. The number of imidazole rings is 1. The molecule has 16 heavy (non-hydrogen) atoms. The van der Waals surface area contributed by atoms with Gasteiger partial charge in [-0.1, -0.05) is 0 Å². The van der Waals surface area contributed by atoms with Gasteiger partial charge in [0, 0.05) is 11.8 Å². The van der Waals surface area contributed by atoms with E-state index in [0.717, 1.165) is 11.3 Å². The zero-order valence-corrected chi connectivity index (χ0v) is 8.50. The van der Waals surface area contributed by atoms with Crippen LogP contribution >= 0.6 is 0 Å². The van der Waals surface area contributed by atoms with Gasteiger partial charge in [0.25, 0.3) is 0 Å². The van der Waals surface area contributed by atoms with Crippen molar-refractivity contribution in [3.63, 3.8) is 0 Å². The van der Waals surface area contributed by atoms with E-state index in [0.29, 0.717) is 5.82 Å². The Morgan fingerprint density at radius 3 is 3.00 bits per heavy atom. The van der Waals surface area contributed by atoms with Gasteiger partial charge in [-0.25, -0.2) is 9.97 Å². The Labute approximate surface area is 91.9 Å². The molecular formula is C10H11N5O. The van der Waals surface area contributed by atoms with Crippen LogP contribution in [-0.2, 0) is 11.3 Å². The Balaban J connectivity index is 2.40. The van der Waals surface area contributed by atoms with E-state index in [-0.39, 0.29) is 6.54 Å². The van der Waals surface area contributed by atoms with Crippen molar-refractivity contribution in [2.24, 2.45) is 5.73 Å². The predicted octanol–water partition coefficient (Wildman–Crippen LogP) is 0.0126. The quantitative estimate of drug-likeness (QED) is 0.756. The number of carbonyl (C=O) groups excluding carboxylic acids is 1. The number of hydrogen-bond donors (Lipinski definition) is 2. The third kappa shape index (κ3) is 2.00. The van der Waals surface area contributed by atoms with Gasteiger partial charge in [-0.05, 0) is 12.1 Å². The van der Waals surface area contributed by atoms with Crippen molar-refractivity contribution in [1.82, 2.24) is 14.5 Å². The maximum atomic E-state index is 10.9. The van der Waals surface area contributed by atoms with E-state index in [4.69, 9.17) is 11.5 Å². The van der Waals surface area contributed by atoms with Crippen molar-refractivity contribution in [2.75, 3.05) is 5.73 Å². The molecule has 0 aliphatic carbocycles. The molecule has 0 aromatic carbocycles. The van der Waals surface area contributed by atoms with Crippen molar-refractivity contribution >= 4 is 11.7 Å². The first-order valence-electron chi connectivity index (χ1n) is 4.67. The molecule has 0 aliphatic heterocycles. The lowest BCUT2D eigenvalue weighted by Crippen LogP contribution is -2.18. The van der Waals surface area contributed by atoms with E-state index in [1.165, 1.54) is 0 Å². The fraction of sp³-hybridized carbons (Fsp3) is 0.100. The standard InChI is InChI=1S/C10H11N5O/c11-9-3-7(1-2-14-9)8-4-13-6-15(8)5-10(12)16/h1-4,6H,5H2,(H2,11,14)(H2,12,16). The summed E-state index contributed by atoms with van der Waals surface area (Å²) in [5.41, 5.74) is 12.4. The molecule has 2 heterocycles. The van der Waals surface area contributed by atoms with Crippen molar-refractivity contribution in [3.05, 3.63) is 30.9 Å². The molecule has 2 aromatic rings. The van der Waals surface area contributed by atoms with E-state index in [2.05, 4.69) is 9.97 Å². The van der Waals surface area contributed by atoms with Crippen LogP contribution < -0.4 is 11.5 Å². The first-order chi connectivity index (χ1) is 7.66. The summed E-state index contributed by atoms with van der Waals surface area (Å²) in [7, 11) is 0. The van der Waals surface area contributed by atoms with Crippen LogP contribution in [0.25, 0.3) is 11.3 Å². The highest BCUT2D eigenvalue weighted by molar-refractivity contribution is 5.74. The lowest BCUT2D eigenvalue weighted by molar-refractivity contribution is -0.118. The summed E-state index contributed by atoms with van der Waals surface area (Å²) in [5.74, 6) is 0.00519. The molecule has 0 atom stereocenters. The zero-order valence-electron chi connectivity index (χ0n) is 8.50. The van der Waals surface area contributed by atoms with Gasteiger partial charge in [0.1, 0.15) is 12.4 Å². The Bertz CT molecular complexity index is 519. The molecule has 0 unspecified atom stereocenters. The number of nitrogens with zero attached hydrogens (tertiary/aromatic N) is 3. The topological polar surface area (TPSA) is 99.8 Å². The highest BCUT2D eigenvalue weighted by Crippen LogP contribution is 2.19. The highest BCUT2D eigenvalue weighted by Gasteiger charge is 2.07. The Morgan fingerprint density at radius 2 is 2.31 bits per heavy atom. The summed E-state index contributed by atoms with van der Waals surface area (Å²) in [5, 5.41) is 0. The van der Waals surface area contributed by atoms with Gasteiger partial charge in [-0.15, -0.1) is 0 Å². The average molecular weight is 217 g/mol. The Kier molecular flexibility index (Phi) is 2.55. The molecular weight excluding hydrogens is 206 g/mol. The number of carbonyl (C=O) groups is 1. The normalized spacial score (nSPS) is 10.2. The second-order valence-corrected chi connectivity index (χ2v) is 3.34. The molecule has 0 spiro atoms. The van der Waals surface area contributed by atoms with E-state index in [1.54, 1.807) is 35.4 Å². The lowest BCUT2D eigenvalue weighted by Gasteiger charge is -2.05. The minimum Gasteiger partial charge on any atom is -0.384 e. The number of primary amides is 1. The van der Waals surface area contributed by atoms with E-state index in [9.17, 15) is 4.79 Å². The maximum absolute atomic E-state index is 10.9. The number of anilines is 1. The van der Waals surface area contributed by atoms with Crippen molar-refractivity contribution in [3.8, 4) is 11.3 Å². The van der Waals surface area contributed by atoms with Crippen LogP contribution in [0.4, 0.5) is 5.82 Å². The molecule has 0 saturated heterocycles. The minimum atomic E-state index is -0.415. The maximum Gasteiger partial charge on any atom is 0.237 e. The zero-order chi connectivity index (χ0) is 11.5. The SMILES string of the molecule is NC(=O)Cn1cncc1-c1ccnc(N)c1. The van der Waals surface area contributed by atoms with Gasteiger partial charge in [0.05, 0.1) is 18.2 Å². The molecule has 0 fully saturated rings. The van der Waals surface area contributed by atoms with E-state index in [1.807, 2.05) is 0 Å². The third-order valence-corrected chi connectivity index (χ3v) is 2.12. The summed E-state index contributed by atoms with van der Waals surface area (Å²) in [4.78, 5) is 18.7. The molecule has 6 nitrogen and oxygen atoms in total. The van der Waals surface area contributed by atoms with Gasteiger partial charge in [-0.3, -0.25) is 4.79 Å². The first-order valence-corrected chi connectivity index (χ1v) is 4.67. The van der Waals surface area contributed by atoms with Crippen LogP contribution in [0.3, 0.4) is 0 Å². The molecule has 0 bridgehead atoms. The summed E-state index contributed by atoms with van der Waals surface area (Å²) < 4.78 is 1.66. The molecule has 0 saturated carbocycles. The number of nitrogen functional groups attached to an aromatic ring is 1. The Morgan fingerprint density at radius 1 is 1.50 bits per heavy atom. The minimum absolute atomic E-state index is 0.0948. The van der Waals surface area contributed by atoms with Gasteiger partial charge in [-0.2, -0.15) is 0 Å². The number of pyridine rings is 1. The van der Waals surface area contributed by atoms with Gasteiger partial charge < -0.3 is 16.0 Å². The van der Waals surface area contributed by atoms with Crippen LogP contribution in [0.2, 0.25) is 0 Å². The first kappa shape index (κ1) is 10.2. The molecule has 4 N–H and O–H groups in total. The lowest BCUT2D eigenvalue weighted by atomic mass is 10.2. The largest absolute Gasteiger partial charge is 0.384 e. The van der Waals surface area contributed by atoms with Crippen molar-refractivity contribution in [1.29, 1.82) is 0 Å². The second kappa shape index (κ2) is 4.01. The van der Waals surface area contributed by atoms with Crippen molar-refractivity contribution < 1.29 is 4.79 Å². The molecule has 2 aromatic heterocycles. The molecule has 0 aliphatic rings. The molecule has 0 radical (unpaired) electrons. The summed E-state index contributed by atoms with van der Waals surface area (Å²) in [6.07, 6.45) is 4.81. The van der Waals surface area contributed by atoms with Crippen LogP contribution in [0, 0.1) is 0 Å². The number of aromatic nitrogens is 3.